The summed E-state index contributed by atoms with van der Waals surface area (Å²) in [5.74, 6) is 0. The second-order valence-corrected chi connectivity index (χ2v) is 4.67. The standard InChI is InChI=1S/C12H17ClN4O/c1-17-12(18)11(13)10(8-16-17)15-7-4-9-2-5-14-6-3-9/h2,8,14-15H,3-7H2,1H3. The van der Waals surface area contributed by atoms with Crippen LogP contribution in [0.3, 0.4) is 0 Å². The number of hydrogen-bond donors (Lipinski definition) is 2. The van der Waals surface area contributed by atoms with E-state index in [2.05, 4.69) is 21.8 Å². The number of nitrogens with one attached hydrogen (secondary N) is 2. The lowest BCUT2D eigenvalue weighted by Crippen LogP contribution is -2.22. The molecule has 0 unspecified atom stereocenters. The molecule has 0 radical (unpaired) electrons. The van der Waals surface area contributed by atoms with Crippen LogP contribution in [0.25, 0.3) is 0 Å². The summed E-state index contributed by atoms with van der Waals surface area (Å²) in [7, 11) is 1.58. The van der Waals surface area contributed by atoms with E-state index >= 15 is 0 Å². The van der Waals surface area contributed by atoms with Gasteiger partial charge in [-0.05, 0) is 19.4 Å². The molecule has 6 heteroatoms. The lowest BCUT2D eigenvalue weighted by atomic mass is 10.1. The monoisotopic (exact) mass is 268 g/mol. The van der Waals surface area contributed by atoms with Crippen LogP contribution in [-0.4, -0.2) is 29.4 Å². The molecule has 5 nitrogen and oxygen atoms in total. The number of hydrogen-bond acceptors (Lipinski definition) is 4. The molecule has 0 amide bonds. The van der Waals surface area contributed by atoms with E-state index in [0.717, 1.165) is 32.5 Å². The third kappa shape index (κ3) is 3.11. The first-order chi connectivity index (χ1) is 8.68. The second-order valence-electron chi connectivity index (χ2n) is 4.29. The molecule has 2 heterocycles. The van der Waals surface area contributed by atoms with Gasteiger partial charge in [0.1, 0.15) is 5.02 Å². The zero-order chi connectivity index (χ0) is 13.0. The minimum atomic E-state index is -0.275. The molecule has 0 saturated carbocycles. The van der Waals surface area contributed by atoms with E-state index in [4.69, 9.17) is 11.6 Å². The summed E-state index contributed by atoms with van der Waals surface area (Å²) in [4.78, 5) is 11.6. The van der Waals surface area contributed by atoms with Crippen molar-refractivity contribution in [2.45, 2.75) is 12.8 Å². The summed E-state index contributed by atoms with van der Waals surface area (Å²) >= 11 is 5.96. The van der Waals surface area contributed by atoms with Crippen molar-refractivity contribution in [2.75, 3.05) is 25.0 Å². The molecule has 0 atom stereocenters. The maximum absolute atomic E-state index is 11.6. The van der Waals surface area contributed by atoms with Crippen LogP contribution >= 0.6 is 11.6 Å². The summed E-state index contributed by atoms with van der Waals surface area (Å²) in [5, 5.41) is 10.6. The summed E-state index contributed by atoms with van der Waals surface area (Å²) in [6.45, 7) is 2.75. The first-order valence-corrected chi connectivity index (χ1v) is 6.40. The van der Waals surface area contributed by atoms with Crippen LogP contribution in [0.2, 0.25) is 5.02 Å². The van der Waals surface area contributed by atoms with E-state index in [9.17, 15) is 4.79 Å². The number of rotatable bonds is 4. The van der Waals surface area contributed by atoms with E-state index in [1.165, 1.54) is 10.3 Å². The Kier molecular flexibility index (Phi) is 4.38. The first kappa shape index (κ1) is 13.1. The Morgan fingerprint density at radius 1 is 1.61 bits per heavy atom. The molecule has 0 spiro atoms. The molecule has 0 aliphatic carbocycles. The fourth-order valence-corrected chi connectivity index (χ4v) is 2.13. The van der Waals surface area contributed by atoms with Crippen molar-refractivity contribution in [3.8, 4) is 0 Å². The zero-order valence-corrected chi connectivity index (χ0v) is 11.1. The van der Waals surface area contributed by atoms with Gasteiger partial charge in [-0.25, -0.2) is 4.68 Å². The molecule has 1 aliphatic rings. The Bertz CT molecular complexity index is 509. The fourth-order valence-electron chi connectivity index (χ4n) is 1.89. The number of halogens is 1. The summed E-state index contributed by atoms with van der Waals surface area (Å²) in [5.41, 5.74) is 1.77. The van der Waals surface area contributed by atoms with Gasteiger partial charge < -0.3 is 10.6 Å². The number of aryl methyl sites for hydroxylation is 1. The Morgan fingerprint density at radius 3 is 3.17 bits per heavy atom. The van der Waals surface area contributed by atoms with Crippen LogP contribution < -0.4 is 16.2 Å². The topological polar surface area (TPSA) is 59.0 Å². The molecule has 1 aliphatic heterocycles. The van der Waals surface area contributed by atoms with Crippen LogP contribution in [-0.2, 0) is 7.05 Å². The van der Waals surface area contributed by atoms with Gasteiger partial charge >= 0.3 is 0 Å². The van der Waals surface area contributed by atoms with Gasteiger partial charge in [-0.15, -0.1) is 0 Å². The first-order valence-electron chi connectivity index (χ1n) is 6.03. The minimum Gasteiger partial charge on any atom is -0.382 e. The lowest BCUT2D eigenvalue weighted by molar-refractivity contribution is 0.682. The van der Waals surface area contributed by atoms with E-state index in [-0.39, 0.29) is 10.6 Å². The van der Waals surface area contributed by atoms with Crippen molar-refractivity contribution >= 4 is 17.3 Å². The molecule has 1 aromatic rings. The highest BCUT2D eigenvalue weighted by atomic mass is 35.5. The molecule has 0 fully saturated rings. The van der Waals surface area contributed by atoms with Gasteiger partial charge in [-0.1, -0.05) is 23.3 Å². The average Bonchev–Trinajstić information content (AvgIpc) is 2.40. The van der Waals surface area contributed by atoms with Gasteiger partial charge in [-0.3, -0.25) is 4.79 Å². The van der Waals surface area contributed by atoms with E-state index in [1.54, 1.807) is 13.2 Å². The Morgan fingerprint density at radius 2 is 2.44 bits per heavy atom. The molecular formula is C12H17ClN4O. The average molecular weight is 269 g/mol. The van der Waals surface area contributed by atoms with Crippen molar-refractivity contribution in [1.29, 1.82) is 0 Å². The SMILES string of the molecule is Cn1ncc(NCCC2=CCNCC2)c(Cl)c1=O. The van der Waals surface area contributed by atoms with Crippen LogP contribution in [0.15, 0.2) is 22.6 Å². The zero-order valence-electron chi connectivity index (χ0n) is 10.4. The predicted molar refractivity (Wildman–Crippen MR) is 73.2 cm³/mol. The second kappa shape index (κ2) is 6.02. The highest BCUT2D eigenvalue weighted by molar-refractivity contribution is 6.32. The summed E-state index contributed by atoms with van der Waals surface area (Å²) < 4.78 is 1.23. The molecule has 0 aromatic carbocycles. The molecule has 1 aromatic heterocycles. The number of anilines is 1. The normalized spacial score (nSPS) is 15.3. The summed E-state index contributed by atoms with van der Waals surface area (Å²) in [6, 6.07) is 0. The third-order valence-electron chi connectivity index (χ3n) is 3.00. The van der Waals surface area contributed by atoms with Crippen molar-refractivity contribution < 1.29 is 0 Å². The molecular weight excluding hydrogens is 252 g/mol. The minimum absolute atomic E-state index is 0.201. The Balaban J connectivity index is 1.92. The van der Waals surface area contributed by atoms with Crippen LogP contribution in [0.1, 0.15) is 12.8 Å². The Hall–Kier alpha value is -1.33. The largest absolute Gasteiger partial charge is 0.382 e. The fraction of sp³-hybridized carbons (Fsp3) is 0.500. The highest BCUT2D eigenvalue weighted by Crippen LogP contribution is 2.16. The van der Waals surface area contributed by atoms with Crippen molar-refractivity contribution in [2.24, 2.45) is 7.05 Å². The quantitative estimate of drug-likeness (QED) is 0.805. The van der Waals surface area contributed by atoms with Gasteiger partial charge in [0, 0.05) is 20.1 Å². The Labute approximate surface area is 111 Å². The smallest absolute Gasteiger partial charge is 0.287 e. The van der Waals surface area contributed by atoms with Gasteiger partial charge in [-0.2, -0.15) is 5.10 Å². The van der Waals surface area contributed by atoms with Crippen molar-refractivity contribution in [3.05, 3.63) is 33.2 Å². The number of nitrogens with zero attached hydrogens (tertiary/aromatic N) is 2. The number of aromatic nitrogens is 2. The molecule has 0 saturated heterocycles. The maximum Gasteiger partial charge on any atom is 0.287 e. The third-order valence-corrected chi connectivity index (χ3v) is 3.36. The van der Waals surface area contributed by atoms with Gasteiger partial charge in [0.05, 0.1) is 11.9 Å². The van der Waals surface area contributed by atoms with Gasteiger partial charge in [0.2, 0.25) is 0 Å². The maximum atomic E-state index is 11.6. The molecule has 18 heavy (non-hydrogen) atoms. The van der Waals surface area contributed by atoms with Crippen LogP contribution in [0, 0.1) is 0 Å². The van der Waals surface area contributed by atoms with E-state index in [0.29, 0.717) is 5.69 Å². The van der Waals surface area contributed by atoms with Gasteiger partial charge in [0.15, 0.2) is 0 Å². The molecule has 0 bridgehead atoms. The van der Waals surface area contributed by atoms with Crippen LogP contribution in [0.4, 0.5) is 5.69 Å². The molecule has 98 valence electrons. The predicted octanol–water partition coefficient (Wildman–Crippen LogP) is 1.16. The van der Waals surface area contributed by atoms with E-state index in [1.807, 2.05) is 0 Å². The van der Waals surface area contributed by atoms with Crippen molar-refractivity contribution in [1.82, 2.24) is 15.1 Å². The van der Waals surface area contributed by atoms with Gasteiger partial charge in [0.25, 0.3) is 5.56 Å². The lowest BCUT2D eigenvalue weighted by Gasteiger charge is -2.14. The molecule has 2 N–H and O–H groups in total. The van der Waals surface area contributed by atoms with E-state index < -0.39 is 0 Å². The van der Waals surface area contributed by atoms with Crippen molar-refractivity contribution in [3.63, 3.8) is 0 Å². The highest BCUT2D eigenvalue weighted by Gasteiger charge is 2.07. The van der Waals surface area contributed by atoms with Crippen LogP contribution in [0.5, 0.6) is 0 Å². The summed E-state index contributed by atoms with van der Waals surface area (Å²) in [6.07, 6.45) is 5.85. The molecule has 2 rings (SSSR count).